The highest BCUT2D eigenvalue weighted by molar-refractivity contribution is 6.11. The molecule has 3 nitrogen and oxygen atoms in total. The molecule has 0 spiro atoms. The number of rotatable bonds is 5. The van der Waals surface area contributed by atoms with Crippen molar-refractivity contribution < 1.29 is 0 Å². The zero-order valence-electron chi connectivity index (χ0n) is 23.9. The Labute approximate surface area is 256 Å². The fourth-order valence-corrected chi connectivity index (χ4v) is 6.06. The highest BCUT2D eigenvalue weighted by Gasteiger charge is 2.17. The van der Waals surface area contributed by atoms with Gasteiger partial charge in [-0.15, -0.1) is 0 Å². The van der Waals surface area contributed by atoms with Gasteiger partial charge in [0.25, 0.3) is 0 Å². The number of aromatic nitrogens is 3. The van der Waals surface area contributed by atoms with Crippen LogP contribution in [0.2, 0.25) is 0 Å². The van der Waals surface area contributed by atoms with Crippen molar-refractivity contribution in [3.05, 3.63) is 164 Å². The van der Waals surface area contributed by atoms with Gasteiger partial charge in [0.2, 0.25) is 0 Å². The first-order chi connectivity index (χ1) is 21.8. The molecule has 0 radical (unpaired) electrons. The molecule has 0 amide bonds. The number of fused-ring (bicyclic) bond motifs is 2. The van der Waals surface area contributed by atoms with Crippen molar-refractivity contribution in [3.63, 3.8) is 0 Å². The second kappa shape index (κ2) is 11.0. The smallest absolute Gasteiger partial charge is 0.164 e. The first-order valence-electron chi connectivity index (χ1n) is 14.8. The minimum absolute atomic E-state index is 0.657. The maximum Gasteiger partial charge on any atom is 0.164 e. The Morgan fingerprint density at radius 1 is 0.227 bits per heavy atom. The monoisotopic (exact) mass is 561 g/mol. The molecule has 0 aliphatic carbocycles. The molecule has 7 aromatic carbocycles. The van der Waals surface area contributed by atoms with Gasteiger partial charge in [-0.25, -0.2) is 15.0 Å². The number of nitrogens with zero attached hydrogens (tertiary/aromatic N) is 3. The lowest BCUT2D eigenvalue weighted by Crippen LogP contribution is -2.00. The maximum atomic E-state index is 5.02. The van der Waals surface area contributed by atoms with E-state index in [1.807, 2.05) is 60.7 Å². The lowest BCUT2D eigenvalue weighted by molar-refractivity contribution is 1.08. The quantitative estimate of drug-likeness (QED) is 0.210. The zero-order valence-corrected chi connectivity index (χ0v) is 23.9. The molecule has 0 aliphatic rings. The highest BCUT2D eigenvalue weighted by atomic mass is 15.0. The topological polar surface area (TPSA) is 38.7 Å². The normalized spacial score (nSPS) is 11.2. The Hall–Kier alpha value is -5.93. The summed E-state index contributed by atoms with van der Waals surface area (Å²) in [6.07, 6.45) is 0. The third-order valence-corrected chi connectivity index (χ3v) is 8.16. The third-order valence-electron chi connectivity index (χ3n) is 8.16. The molecule has 206 valence electrons. The molecule has 0 saturated heterocycles. The van der Waals surface area contributed by atoms with E-state index in [2.05, 4.69) is 103 Å². The van der Waals surface area contributed by atoms with Crippen LogP contribution in [-0.4, -0.2) is 15.0 Å². The highest BCUT2D eigenvalue weighted by Crippen LogP contribution is 2.40. The molecule has 0 saturated carbocycles. The van der Waals surface area contributed by atoms with Crippen molar-refractivity contribution in [3.8, 4) is 56.4 Å². The van der Waals surface area contributed by atoms with E-state index in [4.69, 9.17) is 15.0 Å². The van der Waals surface area contributed by atoms with E-state index < -0.39 is 0 Å². The molecular weight excluding hydrogens is 534 g/mol. The number of hydrogen-bond acceptors (Lipinski definition) is 3. The first-order valence-corrected chi connectivity index (χ1v) is 14.8. The minimum atomic E-state index is 0.657. The summed E-state index contributed by atoms with van der Waals surface area (Å²) in [5.41, 5.74) is 7.73. The van der Waals surface area contributed by atoms with Gasteiger partial charge < -0.3 is 0 Å². The summed E-state index contributed by atoms with van der Waals surface area (Å²) in [6.45, 7) is 0. The molecule has 1 heterocycles. The van der Waals surface area contributed by atoms with Crippen LogP contribution in [0, 0.1) is 0 Å². The van der Waals surface area contributed by atoms with E-state index in [1.165, 1.54) is 33.0 Å². The molecule has 8 aromatic rings. The van der Waals surface area contributed by atoms with Crippen molar-refractivity contribution >= 4 is 21.5 Å². The lowest BCUT2D eigenvalue weighted by Gasteiger charge is -2.16. The average Bonchev–Trinajstić information content (AvgIpc) is 3.12. The SMILES string of the molecule is c1ccc(-c2nc(-c3ccccc3)nc(-c3ccc(-c4ccc(-c5ccccc5)c5ccccc45)c4ccccc34)n2)cc1. The van der Waals surface area contributed by atoms with Crippen LogP contribution in [0.5, 0.6) is 0 Å². The summed E-state index contributed by atoms with van der Waals surface area (Å²) in [6, 6.07) is 57.0. The summed E-state index contributed by atoms with van der Waals surface area (Å²) >= 11 is 0. The van der Waals surface area contributed by atoms with E-state index in [0.29, 0.717) is 17.5 Å². The average molecular weight is 562 g/mol. The molecule has 8 rings (SSSR count). The minimum Gasteiger partial charge on any atom is -0.208 e. The second-order valence-electron chi connectivity index (χ2n) is 10.8. The van der Waals surface area contributed by atoms with Crippen molar-refractivity contribution in [2.75, 3.05) is 0 Å². The number of hydrogen-bond donors (Lipinski definition) is 0. The standard InChI is InChI=1S/C41H27N3/c1-4-14-28(15-5-1)31-24-25-36(33-21-11-10-20-32(31)33)37-26-27-38(35-23-13-12-22-34(35)37)41-43-39(29-16-6-2-7-17-29)42-40(44-41)30-18-8-3-9-19-30/h1-27H. The van der Waals surface area contributed by atoms with E-state index in [-0.39, 0.29) is 0 Å². The second-order valence-corrected chi connectivity index (χ2v) is 10.8. The Morgan fingerprint density at radius 3 is 1.02 bits per heavy atom. The van der Waals surface area contributed by atoms with Crippen LogP contribution in [0.1, 0.15) is 0 Å². The Kier molecular flexibility index (Phi) is 6.47. The molecule has 0 fully saturated rings. The lowest BCUT2D eigenvalue weighted by atomic mass is 9.89. The fraction of sp³-hybridized carbons (Fsp3) is 0. The Morgan fingerprint density at radius 2 is 0.545 bits per heavy atom. The molecule has 0 unspecified atom stereocenters. The Bertz CT molecular complexity index is 2200. The van der Waals surface area contributed by atoms with Crippen molar-refractivity contribution in [1.29, 1.82) is 0 Å². The third kappa shape index (κ3) is 4.61. The maximum absolute atomic E-state index is 5.02. The van der Waals surface area contributed by atoms with Gasteiger partial charge in [0, 0.05) is 16.7 Å². The summed E-state index contributed by atoms with van der Waals surface area (Å²) in [5.74, 6) is 1.97. The molecule has 3 heteroatoms. The van der Waals surface area contributed by atoms with E-state index in [9.17, 15) is 0 Å². The molecule has 0 bridgehead atoms. The van der Waals surface area contributed by atoms with Crippen molar-refractivity contribution in [2.24, 2.45) is 0 Å². The van der Waals surface area contributed by atoms with Gasteiger partial charge in [-0.3, -0.25) is 0 Å². The largest absolute Gasteiger partial charge is 0.208 e. The predicted molar refractivity (Wildman–Crippen MR) is 182 cm³/mol. The fourth-order valence-electron chi connectivity index (χ4n) is 6.06. The molecular formula is C41H27N3. The Balaban J connectivity index is 1.34. The van der Waals surface area contributed by atoms with E-state index in [0.717, 1.165) is 27.5 Å². The predicted octanol–water partition coefficient (Wildman–Crippen LogP) is 10.5. The van der Waals surface area contributed by atoms with Crippen molar-refractivity contribution in [1.82, 2.24) is 15.0 Å². The summed E-state index contributed by atoms with van der Waals surface area (Å²) in [7, 11) is 0. The molecule has 44 heavy (non-hydrogen) atoms. The summed E-state index contributed by atoms with van der Waals surface area (Å²) in [5, 5.41) is 4.72. The first kappa shape index (κ1) is 25.8. The van der Waals surface area contributed by atoms with Crippen LogP contribution in [0.25, 0.3) is 78.0 Å². The zero-order chi connectivity index (χ0) is 29.3. The van der Waals surface area contributed by atoms with E-state index >= 15 is 0 Å². The van der Waals surface area contributed by atoms with Crippen LogP contribution in [0.4, 0.5) is 0 Å². The molecule has 0 atom stereocenters. The van der Waals surface area contributed by atoms with Crippen LogP contribution < -0.4 is 0 Å². The summed E-state index contributed by atoms with van der Waals surface area (Å²) < 4.78 is 0. The van der Waals surface area contributed by atoms with Gasteiger partial charge >= 0.3 is 0 Å². The van der Waals surface area contributed by atoms with Crippen LogP contribution >= 0.6 is 0 Å². The van der Waals surface area contributed by atoms with Crippen molar-refractivity contribution in [2.45, 2.75) is 0 Å². The molecule has 0 N–H and O–H groups in total. The van der Waals surface area contributed by atoms with Gasteiger partial charge in [-0.1, -0.05) is 158 Å². The van der Waals surface area contributed by atoms with Crippen LogP contribution in [-0.2, 0) is 0 Å². The van der Waals surface area contributed by atoms with Crippen LogP contribution in [0.15, 0.2) is 164 Å². The van der Waals surface area contributed by atoms with E-state index in [1.54, 1.807) is 0 Å². The van der Waals surface area contributed by atoms with Gasteiger partial charge in [-0.2, -0.15) is 0 Å². The van der Waals surface area contributed by atoms with Gasteiger partial charge in [0.1, 0.15) is 0 Å². The van der Waals surface area contributed by atoms with Crippen LogP contribution in [0.3, 0.4) is 0 Å². The van der Waals surface area contributed by atoms with Gasteiger partial charge in [-0.05, 0) is 49.9 Å². The molecule has 1 aromatic heterocycles. The summed E-state index contributed by atoms with van der Waals surface area (Å²) in [4.78, 5) is 14.9. The molecule has 0 aliphatic heterocycles. The van der Waals surface area contributed by atoms with Gasteiger partial charge in [0.05, 0.1) is 0 Å². The number of benzene rings is 7. The van der Waals surface area contributed by atoms with Gasteiger partial charge in [0.15, 0.2) is 17.5 Å².